The topological polar surface area (TPSA) is 78.0 Å². The van der Waals surface area contributed by atoms with Gasteiger partial charge in [-0.1, -0.05) is 12.1 Å². The van der Waals surface area contributed by atoms with Crippen LogP contribution in [0.2, 0.25) is 0 Å². The van der Waals surface area contributed by atoms with Gasteiger partial charge in [-0.25, -0.2) is 9.38 Å². The van der Waals surface area contributed by atoms with Gasteiger partial charge in [-0.15, -0.1) is 24.0 Å². The van der Waals surface area contributed by atoms with Crippen molar-refractivity contribution in [1.29, 1.82) is 0 Å². The van der Waals surface area contributed by atoms with Gasteiger partial charge in [0.15, 0.2) is 5.96 Å². The van der Waals surface area contributed by atoms with E-state index < -0.39 is 0 Å². The Kier molecular flexibility index (Phi) is 12.8. The summed E-state index contributed by atoms with van der Waals surface area (Å²) in [5, 5.41) is 9.38. The van der Waals surface area contributed by atoms with Crippen LogP contribution in [0.1, 0.15) is 25.3 Å². The zero-order valence-corrected chi connectivity index (χ0v) is 19.6. The largest absolute Gasteiger partial charge is 0.383 e. The highest BCUT2D eigenvalue weighted by atomic mass is 127. The maximum atomic E-state index is 13.0. The molecule has 0 saturated carbocycles. The van der Waals surface area contributed by atoms with Crippen LogP contribution < -0.4 is 16.0 Å². The van der Waals surface area contributed by atoms with E-state index in [4.69, 9.17) is 4.74 Å². The van der Waals surface area contributed by atoms with Gasteiger partial charge < -0.3 is 20.7 Å². The molecule has 3 N–H and O–H groups in total. The minimum atomic E-state index is -0.200. The summed E-state index contributed by atoms with van der Waals surface area (Å²) >= 11 is 0. The Hall–Kier alpha value is -1.46. The molecule has 9 heteroatoms. The minimum absolute atomic E-state index is 0. The van der Waals surface area contributed by atoms with Crippen LogP contribution in [-0.4, -0.2) is 69.2 Å². The third kappa shape index (κ3) is 10.2. The average molecular weight is 521 g/mol. The van der Waals surface area contributed by atoms with Crippen LogP contribution in [0.25, 0.3) is 0 Å². The number of rotatable bonds is 9. The molecular formula is C20H33FIN5O2. The Balaban J connectivity index is 0.00000420. The number of likely N-dealkylation sites (tertiary alicyclic amines) is 1. The molecule has 1 aliphatic rings. The molecule has 0 aromatic heterocycles. The lowest BCUT2D eigenvalue weighted by atomic mass is 10.0. The van der Waals surface area contributed by atoms with Gasteiger partial charge in [0.2, 0.25) is 5.91 Å². The first kappa shape index (κ1) is 25.6. The third-order valence-corrected chi connectivity index (χ3v) is 4.60. The minimum Gasteiger partial charge on any atom is -0.383 e. The highest BCUT2D eigenvalue weighted by molar-refractivity contribution is 14.0. The first-order valence-corrected chi connectivity index (χ1v) is 9.88. The van der Waals surface area contributed by atoms with Crippen molar-refractivity contribution in [3.8, 4) is 0 Å². The third-order valence-electron chi connectivity index (χ3n) is 4.60. The quantitative estimate of drug-likeness (QED) is 0.200. The summed E-state index contributed by atoms with van der Waals surface area (Å²) in [6.07, 6.45) is 1.98. The molecular weight excluding hydrogens is 488 g/mol. The Morgan fingerprint density at radius 2 is 1.93 bits per heavy atom. The van der Waals surface area contributed by atoms with Crippen LogP contribution in [0.3, 0.4) is 0 Å². The SMILES string of the molecule is CCNC(=NCC(=O)NCCOC)NC1CCN(Cc2ccc(F)cc2)CC1.I. The lowest BCUT2D eigenvalue weighted by molar-refractivity contribution is -0.119. The van der Waals surface area contributed by atoms with E-state index in [1.807, 2.05) is 19.1 Å². The number of amides is 1. The van der Waals surface area contributed by atoms with E-state index in [1.165, 1.54) is 12.1 Å². The van der Waals surface area contributed by atoms with E-state index in [9.17, 15) is 9.18 Å². The Bertz CT molecular complexity index is 622. The lowest BCUT2D eigenvalue weighted by Crippen LogP contribution is -2.48. The fourth-order valence-corrected chi connectivity index (χ4v) is 3.10. The number of carbonyl (C=O) groups is 1. The second-order valence-electron chi connectivity index (χ2n) is 6.86. The van der Waals surface area contributed by atoms with Crippen LogP contribution >= 0.6 is 24.0 Å². The molecule has 29 heavy (non-hydrogen) atoms. The van der Waals surface area contributed by atoms with E-state index in [0.717, 1.165) is 44.6 Å². The van der Waals surface area contributed by atoms with Crippen LogP contribution in [0.4, 0.5) is 4.39 Å². The highest BCUT2D eigenvalue weighted by Crippen LogP contribution is 2.14. The molecule has 1 aromatic carbocycles. The van der Waals surface area contributed by atoms with Gasteiger partial charge in [0, 0.05) is 45.9 Å². The first-order valence-electron chi connectivity index (χ1n) is 9.88. The number of aliphatic imine (C=N–C) groups is 1. The number of piperidine rings is 1. The first-order chi connectivity index (χ1) is 13.6. The van der Waals surface area contributed by atoms with Gasteiger partial charge in [-0.3, -0.25) is 9.69 Å². The number of nitrogens with one attached hydrogen (secondary N) is 3. The van der Waals surface area contributed by atoms with Crippen LogP contribution in [0.5, 0.6) is 0 Å². The normalized spacial score (nSPS) is 15.5. The van der Waals surface area contributed by atoms with Crippen molar-refractivity contribution in [2.24, 2.45) is 4.99 Å². The fraction of sp³-hybridized carbons (Fsp3) is 0.600. The van der Waals surface area contributed by atoms with Gasteiger partial charge in [0.25, 0.3) is 0 Å². The number of nitrogens with zero attached hydrogens (tertiary/aromatic N) is 2. The van der Waals surface area contributed by atoms with Crippen molar-refractivity contribution in [3.63, 3.8) is 0 Å². The van der Waals surface area contributed by atoms with Crippen molar-refractivity contribution in [2.75, 3.05) is 46.4 Å². The maximum absolute atomic E-state index is 13.0. The lowest BCUT2D eigenvalue weighted by Gasteiger charge is -2.33. The van der Waals surface area contributed by atoms with Gasteiger partial charge in [0.05, 0.1) is 6.61 Å². The Morgan fingerprint density at radius 3 is 2.55 bits per heavy atom. The van der Waals surface area contributed by atoms with Crippen LogP contribution in [0, 0.1) is 5.82 Å². The van der Waals surface area contributed by atoms with Gasteiger partial charge in [0.1, 0.15) is 12.4 Å². The summed E-state index contributed by atoms with van der Waals surface area (Å²) < 4.78 is 17.9. The average Bonchev–Trinajstić information content (AvgIpc) is 2.70. The summed E-state index contributed by atoms with van der Waals surface area (Å²) in [6, 6.07) is 7.02. The second-order valence-corrected chi connectivity index (χ2v) is 6.86. The monoisotopic (exact) mass is 521 g/mol. The molecule has 1 aromatic rings. The summed E-state index contributed by atoms with van der Waals surface area (Å²) in [7, 11) is 1.60. The molecule has 1 fully saturated rings. The number of benzene rings is 1. The van der Waals surface area contributed by atoms with Crippen molar-refractivity contribution in [1.82, 2.24) is 20.9 Å². The maximum Gasteiger partial charge on any atom is 0.241 e. The van der Waals surface area contributed by atoms with Gasteiger partial charge in [-0.2, -0.15) is 0 Å². The number of hydrogen-bond acceptors (Lipinski definition) is 4. The molecule has 7 nitrogen and oxygen atoms in total. The molecule has 1 saturated heterocycles. The molecule has 0 aliphatic carbocycles. The molecule has 0 atom stereocenters. The number of hydrogen-bond donors (Lipinski definition) is 3. The number of guanidine groups is 1. The highest BCUT2D eigenvalue weighted by Gasteiger charge is 2.20. The molecule has 164 valence electrons. The zero-order valence-electron chi connectivity index (χ0n) is 17.2. The van der Waals surface area contributed by atoms with E-state index in [0.29, 0.717) is 25.2 Å². The summed E-state index contributed by atoms with van der Waals surface area (Å²) in [5.41, 5.74) is 1.13. The van der Waals surface area contributed by atoms with Crippen molar-refractivity contribution in [3.05, 3.63) is 35.6 Å². The van der Waals surface area contributed by atoms with Crippen molar-refractivity contribution >= 4 is 35.8 Å². The fourth-order valence-electron chi connectivity index (χ4n) is 3.10. The molecule has 0 radical (unpaired) electrons. The van der Waals surface area contributed by atoms with Crippen molar-refractivity contribution < 1.29 is 13.9 Å². The summed E-state index contributed by atoms with van der Waals surface area (Å²) in [5.74, 6) is 0.346. The zero-order chi connectivity index (χ0) is 20.2. The molecule has 0 unspecified atom stereocenters. The number of ether oxygens (including phenoxy) is 1. The Morgan fingerprint density at radius 1 is 1.24 bits per heavy atom. The summed E-state index contributed by atoms with van der Waals surface area (Å²) in [6.45, 7) is 6.57. The van der Waals surface area contributed by atoms with E-state index in [-0.39, 0.29) is 42.2 Å². The molecule has 1 heterocycles. The smallest absolute Gasteiger partial charge is 0.241 e. The van der Waals surface area contributed by atoms with Crippen molar-refractivity contribution in [2.45, 2.75) is 32.4 Å². The number of methoxy groups -OCH3 is 1. The molecule has 0 bridgehead atoms. The van der Waals surface area contributed by atoms with E-state index >= 15 is 0 Å². The molecule has 0 spiro atoms. The van der Waals surface area contributed by atoms with Crippen LogP contribution in [0.15, 0.2) is 29.3 Å². The predicted molar refractivity (Wildman–Crippen MR) is 124 cm³/mol. The van der Waals surface area contributed by atoms with E-state index in [1.54, 1.807) is 7.11 Å². The summed E-state index contributed by atoms with van der Waals surface area (Å²) in [4.78, 5) is 18.5. The molecule has 1 aliphatic heterocycles. The molecule has 2 rings (SSSR count). The standard InChI is InChI=1S/C20H32FN5O2.HI/c1-3-22-20(24-14-19(27)23-10-13-28-2)25-18-8-11-26(12-9-18)15-16-4-6-17(21)7-5-16;/h4-7,18H,3,8-15H2,1-2H3,(H,23,27)(H2,22,24,25);1H. The van der Waals surface area contributed by atoms with Crippen LogP contribution in [-0.2, 0) is 16.1 Å². The number of carbonyl (C=O) groups excluding carboxylic acids is 1. The Labute approximate surface area is 189 Å². The number of halogens is 2. The second kappa shape index (κ2) is 14.5. The van der Waals surface area contributed by atoms with Gasteiger partial charge in [-0.05, 0) is 37.5 Å². The van der Waals surface area contributed by atoms with E-state index in [2.05, 4.69) is 25.8 Å². The molecule has 1 amide bonds. The predicted octanol–water partition coefficient (Wildman–Crippen LogP) is 1.73. The van der Waals surface area contributed by atoms with Gasteiger partial charge >= 0.3 is 0 Å².